The molecule has 0 spiro atoms. The van der Waals surface area contributed by atoms with E-state index in [1.165, 1.54) is 0 Å². The minimum atomic E-state index is -0.101. The van der Waals surface area contributed by atoms with Crippen LogP contribution in [-0.2, 0) is 6.42 Å². The van der Waals surface area contributed by atoms with Gasteiger partial charge in [-0.1, -0.05) is 12.1 Å². The molecule has 4 N–H and O–H groups in total. The Balaban J connectivity index is 2.18. The van der Waals surface area contributed by atoms with Crippen molar-refractivity contribution in [2.75, 3.05) is 12.8 Å². The number of benzene rings is 1. The van der Waals surface area contributed by atoms with Gasteiger partial charge in [-0.2, -0.15) is 0 Å². The van der Waals surface area contributed by atoms with Gasteiger partial charge in [-0.05, 0) is 42.2 Å². The number of nitrogens with two attached hydrogens (primary N) is 2. The molecular weight excluding hydrogens is 238 g/mol. The number of nitrogen functional groups attached to an aromatic ring is 1. The molecule has 0 bridgehead atoms. The Morgan fingerprint density at radius 2 is 2.11 bits per heavy atom. The van der Waals surface area contributed by atoms with Crippen LogP contribution in [0.3, 0.4) is 0 Å². The molecule has 100 valence electrons. The molecule has 4 heteroatoms. The normalized spacial score (nSPS) is 12.2. The van der Waals surface area contributed by atoms with Gasteiger partial charge in [0, 0.05) is 24.1 Å². The van der Waals surface area contributed by atoms with Crippen molar-refractivity contribution in [2.45, 2.75) is 19.4 Å². The summed E-state index contributed by atoms with van der Waals surface area (Å²) in [6.07, 6.45) is 4.12. The number of rotatable bonds is 4. The number of ether oxygens (including phenoxy) is 1. The first-order valence-corrected chi connectivity index (χ1v) is 6.20. The lowest BCUT2D eigenvalue weighted by atomic mass is 9.98. The summed E-state index contributed by atoms with van der Waals surface area (Å²) in [7, 11) is 1.66. The monoisotopic (exact) mass is 257 g/mol. The van der Waals surface area contributed by atoms with Crippen molar-refractivity contribution < 1.29 is 4.74 Å². The predicted octanol–water partition coefficient (Wildman–Crippen LogP) is 2.22. The van der Waals surface area contributed by atoms with Crippen molar-refractivity contribution in [3.8, 4) is 5.75 Å². The minimum Gasteiger partial charge on any atom is -0.496 e. The van der Waals surface area contributed by atoms with Gasteiger partial charge in [0.2, 0.25) is 0 Å². The van der Waals surface area contributed by atoms with E-state index in [-0.39, 0.29) is 6.04 Å². The van der Waals surface area contributed by atoms with Crippen LogP contribution in [0.15, 0.2) is 36.7 Å². The zero-order chi connectivity index (χ0) is 13.8. The highest BCUT2D eigenvalue weighted by atomic mass is 16.5. The Kier molecular flexibility index (Phi) is 4.02. The molecule has 1 aromatic heterocycles. The van der Waals surface area contributed by atoms with Crippen LogP contribution in [-0.4, -0.2) is 12.1 Å². The maximum atomic E-state index is 6.23. The van der Waals surface area contributed by atoms with E-state index in [2.05, 4.69) is 11.1 Å². The number of aromatic nitrogens is 1. The Morgan fingerprint density at radius 3 is 2.74 bits per heavy atom. The van der Waals surface area contributed by atoms with Gasteiger partial charge in [0.1, 0.15) is 5.75 Å². The van der Waals surface area contributed by atoms with E-state index in [9.17, 15) is 0 Å². The van der Waals surface area contributed by atoms with Crippen molar-refractivity contribution in [3.05, 3.63) is 53.3 Å². The molecule has 1 heterocycles. The van der Waals surface area contributed by atoms with Crippen LogP contribution in [0.5, 0.6) is 5.75 Å². The summed E-state index contributed by atoms with van der Waals surface area (Å²) in [5, 5.41) is 0. The molecule has 2 rings (SSSR count). The van der Waals surface area contributed by atoms with E-state index in [1.54, 1.807) is 25.6 Å². The molecule has 0 saturated carbocycles. The van der Waals surface area contributed by atoms with Crippen LogP contribution >= 0.6 is 0 Å². The van der Waals surface area contributed by atoms with Crippen LogP contribution in [0.4, 0.5) is 5.69 Å². The van der Waals surface area contributed by atoms with Gasteiger partial charge in [0.25, 0.3) is 0 Å². The number of pyridine rings is 1. The zero-order valence-corrected chi connectivity index (χ0v) is 11.3. The molecule has 0 aliphatic heterocycles. The smallest absolute Gasteiger partial charge is 0.121 e. The molecule has 4 nitrogen and oxygen atoms in total. The molecule has 0 radical (unpaired) electrons. The van der Waals surface area contributed by atoms with Crippen LogP contribution in [0.25, 0.3) is 0 Å². The Labute approximate surface area is 113 Å². The van der Waals surface area contributed by atoms with E-state index >= 15 is 0 Å². The van der Waals surface area contributed by atoms with E-state index in [4.69, 9.17) is 16.2 Å². The van der Waals surface area contributed by atoms with Gasteiger partial charge in [-0.3, -0.25) is 4.98 Å². The third kappa shape index (κ3) is 3.03. The first-order valence-electron chi connectivity index (χ1n) is 6.20. The number of nitrogens with zero attached hydrogens (tertiary/aromatic N) is 1. The first kappa shape index (κ1) is 13.4. The van der Waals surface area contributed by atoms with Crippen molar-refractivity contribution in [3.63, 3.8) is 0 Å². The number of anilines is 1. The number of hydrogen-bond donors (Lipinski definition) is 2. The molecule has 0 aliphatic rings. The first-order chi connectivity index (χ1) is 9.11. The topological polar surface area (TPSA) is 74.2 Å². The van der Waals surface area contributed by atoms with E-state index in [0.29, 0.717) is 6.42 Å². The number of aryl methyl sites for hydroxylation is 1. The van der Waals surface area contributed by atoms with Crippen molar-refractivity contribution in [1.82, 2.24) is 4.98 Å². The second-order valence-corrected chi connectivity index (χ2v) is 4.61. The number of hydrogen-bond acceptors (Lipinski definition) is 4. The molecule has 2 aromatic rings. The van der Waals surface area contributed by atoms with E-state index in [1.807, 2.05) is 19.1 Å². The zero-order valence-electron chi connectivity index (χ0n) is 11.3. The molecular formula is C15H19N3O. The summed E-state index contributed by atoms with van der Waals surface area (Å²) >= 11 is 0. The maximum Gasteiger partial charge on any atom is 0.121 e. The molecule has 1 aromatic carbocycles. The van der Waals surface area contributed by atoms with Crippen LogP contribution in [0.1, 0.15) is 22.7 Å². The van der Waals surface area contributed by atoms with Gasteiger partial charge in [-0.25, -0.2) is 0 Å². The van der Waals surface area contributed by atoms with E-state index in [0.717, 1.165) is 28.1 Å². The quantitative estimate of drug-likeness (QED) is 0.880. The lowest BCUT2D eigenvalue weighted by Gasteiger charge is -2.15. The highest BCUT2D eigenvalue weighted by molar-refractivity contribution is 5.45. The molecule has 1 atom stereocenters. The summed E-state index contributed by atoms with van der Waals surface area (Å²) in [5.74, 6) is 0.872. The lowest BCUT2D eigenvalue weighted by Crippen LogP contribution is -2.14. The summed E-state index contributed by atoms with van der Waals surface area (Å²) < 4.78 is 5.25. The van der Waals surface area contributed by atoms with Gasteiger partial charge in [0.05, 0.1) is 7.11 Å². The Morgan fingerprint density at radius 1 is 1.32 bits per heavy atom. The molecule has 0 fully saturated rings. The van der Waals surface area contributed by atoms with Crippen LogP contribution in [0.2, 0.25) is 0 Å². The third-order valence-corrected chi connectivity index (χ3v) is 3.23. The summed E-state index contributed by atoms with van der Waals surface area (Å²) in [6, 6.07) is 7.67. The minimum absolute atomic E-state index is 0.101. The van der Waals surface area contributed by atoms with Gasteiger partial charge >= 0.3 is 0 Å². The maximum absolute atomic E-state index is 6.23. The fourth-order valence-corrected chi connectivity index (χ4v) is 2.10. The molecule has 1 unspecified atom stereocenters. The van der Waals surface area contributed by atoms with E-state index < -0.39 is 0 Å². The van der Waals surface area contributed by atoms with Crippen molar-refractivity contribution >= 4 is 5.69 Å². The fraction of sp³-hybridized carbons (Fsp3) is 0.267. The second-order valence-electron chi connectivity index (χ2n) is 4.61. The summed E-state index contributed by atoms with van der Waals surface area (Å²) in [4.78, 5) is 4.08. The average molecular weight is 257 g/mol. The van der Waals surface area contributed by atoms with Gasteiger partial charge < -0.3 is 16.2 Å². The van der Waals surface area contributed by atoms with Crippen molar-refractivity contribution in [2.24, 2.45) is 5.73 Å². The molecule has 0 aliphatic carbocycles. The SMILES string of the molecule is COc1ccc(C(N)Cc2cnccc2N)cc1C. The lowest BCUT2D eigenvalue weighted by molar-refractivity contribution is 0.411. The number of methoxy groups -OCH3 is 1. The van der Waals surface area contributed by atoms with Gasteiger partial charge in [0.15, 0.2) is 0 Å². The Hall–Kier alpha value is -2.07. The van der Waals surface area contributed by atoms with Gasteiger partial charge in [-0.15, -0.1) is 0 Å². The standard InChI is InChI=1S/C15H19N3O/c1-10-7-11(3-4-15(10)19-2)14(17)8-12-9-18-6-5-13(12)16/h3-7,9,14H,8,17H2,1-2H3,(H2,16,18). The molecule has 19 heavy (non-hydrogen) atoms. The fourth-order valence-electron chi connectivity index (χ4n) is 2.10. The largest absolute Gasteiger partial charge is 0.496 e. The summed E-state index contributed by atoms with van der Waals surface area (Å²) in [5.41, 5.74) is 16.0. The predicted molar refractivity (Wildman–Crippen MR) is 77.0 cm³/mol. The van der Waals surface area contributed by atoms with Crippen molar-refractivity contribution in [1.29, 1.82) is 0 Å². The van der Waals surface area contributed by atoms with Crippen LogP contribution in [0, 0.1) is 6.92 Å². The second kappa shape index (κ2) is 5.71. The summed E-state index contributed by atoms with van der Waals surface area (Å²) in [6.45, 7) is 2.01. The third-order valence-electron chi connectivity index (χ3n) is 3.23. The highest BCUT2D eigenvalue weighted by Gasteiger charge is 2.11. The highest BCUT2D eigenvalue weighted by Crippen LogP contribution is 2.24. The average Bonchev–Trinajstić information content (AvgIpc) is 2.41. The Bertz CT molecular complexity index is 569. The molecule has 0 amide bonds. The molecule has 0 saturated heterocycles. The van der Waals surface area contributed by atoms with Crippen LogP contribution < -0.4 is 16.2 Å².